The zero-order valence-corrected chi connectivity index (χ0v) is 8.90. The van der Waals surface area contributed by atoms with E-state index in [1.807, 2.05) is 19.1 Å². The molecule has 0 bridgehead atoms. The lowest BCUT2D eigenvalue weighted by Gasteiger charge is -2.11. The van der Waals surface area contributed by atoms with E-state index in [-0.39, 0.29) is 11.9 Å². The Labute approximate surface area is 89.1 Å². The molecule has 0 unspecified atom stereocenters. The van der Waals surface area contributed by atoms with Crippen molar-refractivity contribution < 1.29 is 14.3 Å². The highest BCUT2D eigenvalue weighted by atomic mass is 16.5. The molecule has 0 fully saturated rings. The Morgan fingerprint density at radius 2 is 2.00 bits per heavy atom. The fraction of sp³-hybridized carbons (Fsp3) is 0.333. The van der Waals surface area contributed by atoms with Gasteiger partial charge in [0.1, 0.15) is 6.29 Å². The first kappa shape index (κ1) is 11.4. The average molecular weight is 206 g/mol. The summed E-state index contributed by atoms with van der Waals surface area (Å²) in [4.78, 5) is 21.0. The van der Waals surface area contributed by atoms with Crippen molar-refractivity contribution in [3.05, 3.63) is 35.4 Å². The molecule has 0 aliphatic rings. The van der Waals surface area contributed by atoms with E-state index in [1.54, 1.807) is 12.1 Å². The lowest BCUT2D eigenvalue weighted by molar-refractivity contribution is -0.141. The van der Waals surface area contributed by atoms with Crippen LogP contribution in [0.15, 0.2) is 24.3 Å². The Hall–Kier alpha value is -1.64. The molecule has 15 heavy (non-hydrogen) atoms. The van der Waals surface area contributed by atoms with Crippen molar-refractivity contribution in [2.24, 2.45) is 0 Å². The Balaban J connectivity index is 2.61. The van der Waals surface area contributed by atoms with Crippen molar-refractivity contribution in [1.82, 2.24) is 0 Å². The summed E-state index contributed by atoms with van der Waals surface area (Å²) in [6.45, 7) is 3.73. The van der Waals surface area contributed by atoms with Crippen LogP contribution in [0, 0.1) is 0 Å². The molecular weight excluding hydrogens is 192 g/mol. The summed E-state index contributed by atoms with van der Waals surface area (Å²) in [6.07, 6.45) is 0.806. The molecule has 0 spiro atoms. The highest BCUT2D eigenvalue weighted by Crippen LogP contribution is 2.15. The smallest absolute Gasteiger partial charge is 0.302 e. The zero-order chi connectivity index (χ0) is 11.3. The summed E-state index contributed by atoms with van der Waals surface area (Å²) in [7, 11) is 0. The van der Waals surface area contributed by atoms with Crippen molar-refractivity contribution in [1.29, 1.82) is 0 Å². The summed E-state index contributed by atoms with van der Waals surface area (Å²) in [5.41, 5.74) is 1.71. The predicted molar refractivity (Wildman–Crippen MR) is 56.9 cm³/mol. The molecule has 3 heteroatoms. The van der Waals surface area contributed by atoms with Crippen LogP contribution >= 0.6 is 0 Å². The maximum Gasteiger partial charge on any atom is 0.302 e. The van der Waals surface area contributed by atoms with E-state index in [4.69, 9.17) is 4.74 Å². The van der Waals surface area contributed by atoms with Gasteiger partial charge in [0.15, 0.2) is 0 Å². The van der Waals surface area contributed by atoms with Gasteiger partial charge in [0.25, 0.3) is 0 Å². The van der Waals surface area contributed by atoms with Crippen LogP contribution < -0.4 is 0 Å². The molecule has 0 saturated heterocycles. The number of hydrogen-bond acceptors (Lipinski definition) is 3. The van der Waals surface area contributed by atoms with Crippen molar-refractivity contribution in [3.8, 4) is 0 Å². The third-order valence-corrected chi connectivity index (χ3v) is 2.18. The van der Waals surface area contributed by atoms with Gasteiger partial charge in [-0.2, -0.15) is 0 Å². The normalized spacial score (nSPS) is 11.9. The highest BCUT2D eigenvalue weighted by molar-refractivity contribution is 5.74. The van der Waals surface area contributed by atoms with Gasteiger partial charge < -0.3 is 4.74 Å². The van der Waals surface area contributed by atoms with Crippen LogP contribution in [0.5, 0.6) is 0 Å². The number of ether oxygens (including phenoxy) is 1. The summed E-state index contributed by atoms with van der Waals surface area (Å²) >= 11 is 0. The summed E-state index contributed by atoms with van der Waals surface area (Å²) < 4.78 is 4.91. The minimum atomic E-state index is -0.272. The van der Waals surface area contributed by atoms with E-state index in [0.717, 1.165) is 11.8 Å². The Bertz CT molecular complexity index is 340. The second kappa shape index (κ2) is 5.29. The zero-order valence-electron chi connectivity index (χ0n) is 8.90. The number of aldehydes is 1. The van der Waals surface area contributed by atoms with E-state index in [0.29, 0.717) is 12.2 Å². The average Bonchev–Trinajstić information content (AvgIpc) is 2.26. The number of carbonyl (C=O) groups is 2. The summed E-state index contributed by atoms with van der Waals surface area (Å²) in [5.74, 6) is -0.124. The van der Waals surface area contributed by atoms with Crippen LogP contribution in [-0.4, -0.2) is 18.9 Å². The number of carbonyl (C=O) groups excluding carboxylic acids is 2. The number of rotatable bonds is 4. The summed E-state index contributed by atoms with van der Waals surface area (Å²) in [6, 6.07) is 7.26. The molecule has 0 radical (unpaired) electrons. The van der Waals surface area contributed by atoms with Gasteiger partial charge in [-0.25, -0.2) is 0 Å². The first-order valence-corrected chi connectivity index (χ1v) is 4.82. The van der Waals surface area contributed by atoms with E-state index >= 15 is 0 Å². The molecule has 0 aliphatic carbocycles. The quantitative estimate of drug-likeness (QED) is 0.560. The fourth-order valence-electron chi connectivity index (χ4n) is 1.24. The largest absolute Gasteiger partial charge is 0.465 e. The molecule has 0 N–H and O–H groups in total. The van der Waals surface area contributed by atoms with Crippen LogP contribution in [0.2, 0.25) is 0 Å². The first-order chi connectivity index (χ1) is 7.13. The topological polar surface area (TPSA) is 43.4 Å². The molecule has 3 nitrogen and oxygen atoms in total. The molecule has 0 aliphatic heterocycles. The predicted octanol–water partition coefficient (Wildman–Crippen LogP) is 2.17. The molecule has 1 aromatic rings. The number of hydrogen-bond donors (Lipinski definition) is 0. The van der Waals surface area contributed by atoms with Gasteiger partial charge in [-0.15, -0.1) is 0 Å². The van der Waals surface area contributed by atoms with Crippen molar-refractivity contribution >= 4 is 12.3 Å². The Kier molecular flexibility index (Phi) is 4.03. The van der Waals surface area contributed by atoms with Crippen molar-refractivity contribution in [2.75, 3.05) is 6.61 Å². The van der Waals surface area contributed by atoms with E-state index in [2.05, 4.69) is 0 Å². The van der Waals surface area contributed by atoms with Gasteiger partial charge in [-0.1, -0.05) is 31.2 Å². The lowest BCUT2D eigenvalue weighted by atomic mass is 10.0. The van der Waals surface area contributed by atoms with Crippen molar-refractivity contribution in [2.45, 2.75) is 19.8 Å². The Morgan fingerprint density at radius 3 is 2.47 bits per heavy atom. The first-order valence-electron chi connectivity index (χ1n) is 4.82. The van der Waals surface area contributed by atoms with E-state index < -0.39 is 0 Å². The fourth-order valence-corrected chi connectivity index (χ4v) is 1.24. The minimum absolute atomic E-state index is 0.148. The second-order valence-electron chi connectivity index (χ2n) is 3.49. The van der Waals surface area contributed by atoms with Gasteiger partial charge >= 0.3 is 5.97 Å². The van der Waals surface area contributed by atoms with Crippen LogP contribution in [-0.2, 0) is 9.53 Å². The van der Waals surface area contributed by atoms with Gasteiger partial charge in [0, 0.05) is 18.4 Å². The summed E-state index contributed by atoms with van der Waals surface area (Å²) in [5, 5.41) is 0. The van der Waals surface area contributed by atoms with E-state index in [9.17, 15) is 9.59 Å². The van der Waals surface area contributed by atoms with Gasteiger partial charge in [-0.05, 0) is 5.56 Å². The number of esters is 1. The van der Waals surface area contributed by atoms with Gasteiger partial charge in [0.05, 0.1) is 6.61 Å². The third-order valence-electron chi connectivity index (χ3n) is 2.18. The third kappa shape index (κ3) is 3.54. The van der Waals surface area contributed by atoms with Crippen LogP contribution in [0.25, 0.3) is 0 Å². The molecular formula is C12H14O3. The molecule has 0 aromatic heterocycles. The van der Waals surface area contributed by atoms with Crippen LogP contribution in [0.1, 0.15) is 35.7 Å². The Morgan fingerprint density at radius 1 is 1.40 bits per heavy atom. The maximum absolute atomic E-state index is 10.6. The van der Waals surface area contributed by atoms with Crippen LogP contribution in [0.3, 0.4) is 0 Å². The number of benzene rings is 1. The minimum Gasteiger partial charge on any atom is -0.465 e. The maximum atomic E-state index is 10.6. The van der Waals surface area contributed by atoms with Gasteiger partial charge in [0.2, 0.25) is 0 Å². The molecule has 0 saturated carbocycles. The molecule has 80 valence electrons. The molecule has 1 aromatic carbocycles. The second-order valence-corrected chi connectivity index (χ2v) is 3.49. The standard InChI is InChI=1S/C12H14O3/c1-9(8-15-10(2)14)12-5-3-11(7-13)4-6-12/h3-7,9H,8H2,1-2H3/t9-/m1/s1. The van der Waals surface area contributed by atoms with Crippen molar-refractivity contribution in [3.63, 3.8) is 0 Å². The van der Waals surface area contributed by atoms with Gasteiger partial charge in [-0.3, -0.25) is 9.59 Å². The monoisotopic (exact) mass is 206 g/mol. The molecule has 1 rings (SSSR count). The molecule has 0 amide bonds. The molecule has 0 heterocycles. The lowest BCUT2D eigenvalue weighted by Crippen LogP contribution is -2.07. The highest BCUT2D eigenvalue weighted by Gasteiger charge is 2.06. The SMILES string of the molecule is CC(=O)OC[C@@H](C)c1ccc(C=O)cc1. The molecule has 1 atom stereocenters. The van der Waals surface area contributed by atoms with Crippen LogP contribution in [0.4, 0.5) is 0 Å². The van der Waals surface area contributed by atoms with E-state index in [1.165, 1.54) is 6.92 Å².